The molecule has 0 atom stereocenters. The number of benzene rings is 2. The molecular formula is C23H22N4O. The molecule has 4 aromatic rings. The minimum absolute atomic E-state index is 0.0223. The van der Waals surface area contributed by atoms with E-state index in [1.54, 1.807) is 12.4 Å². The van der Waals surface area contributed by atoms with Gasteiger partial charge in [0, 0.05) is 25.1 Å². The van der Waals surface area contributed by atoms with Gasteiger partial charge in [0.15, 0.2) is 0 Å². The third-order valence-electron chi connectivity index (χ3n) is 4.85. The van der Waals surface area contributed by atoms with Gasteiger partial charge in [-0.15, -0.1) is 0 Å². The lowest BCUT2D eigenvalue weighted by molar-refractivity contribution is -0.116. The summed E-state index contributed by atoms with van der Waals surface area (Å²) in [4.78, 5) is 16.0. The topological polar surface area (TPSA) is 59.8 Å². The van der Waals surface area contributed by atoms with Crippen molar-refractivity contribution in [3.8, 4) is 11.1 Å². The van der Waals surface area contributed by atoms with Gasteiger partial charge in [-0.3, -0.25) is 14.5 Å². The van der Waals surface area contributed by atoms with Crippen LogP contribution in [0.4, 0.5) is 5.69 Å². The summed E-state index contributed by atoms with van der Waals surface area (Å²) in [6, 6.07) is 18.6. The third kappa shape index (κ3) is 4.09. The monoisotopic (exact) mass is 370 g/mol. The summed E-state index contributed by atoms with van der Waals surface area (Å²) in [5, 5.41) is 8.31. The number of fused-ring (bicyclic) bond motifs is 1. The van der Waals surface area contributed by atoms with Gasteiger partial charge in [-0.1, -0.05) is 36.4 Å². The standard InChI is InChI=1S/C23H22N4O/c1-27-22-14-19(11-12-20(22)15-25-27)18-9-7-17(8-10-18)4-2-6-23(28)26-21-5-3-13-24-16-21/h3,5,7-16H,2,4,6H2,1H3,(H,26,28). The first-order valence-electron chi connectivity index (χ1n) is 9.40. The van der Waals surface area contributed by atoms with E-state index in [0.717, 1.165) is 29.4 Å². The molecule has 0 bridgehead atoms. The Labute approximate surface area is 164 Å². The van der Waals surface area contributed by atoms with Crippen LogP contribution in [-0.4, -0.2) is 20.7 Å². The van der Waals surface area contributed by atoms with Crippen molar-refractivity contribution < 1.29 is 4.79 Å². The number of nitrogens with one attached hydrogen (secondary N) is 1. The lowest BCUT2D eigenvalue weighted by atomic mass is 10.0. The van der Waals surface area contributed by atoms with Crippen LogP contribution >= 0.6 is 0 Å². The van der Waals surface area contributed by atoms with Gasteiger partial charge in [0.1, 0.15) is 0 Å². The molecule has 2 aromatic carbocycles. The highest BCUT2D eigenvalue weighted by Crippen LogP contribution is 2.24. The second-order valence-electron chi connectivity index (χ2n) is 6.88. The number of hydrogen-bond donors (Lipinski definition) is 1. The molecule has 0 unspecified atom stereocenters. The van der Waals surface area contributed by atoms with E-state index >= 15 is 0 Å². The van der Waals surface area contributed by atoms with Crippen LogP contribution in [0.3, 0.4) is 0 Å². The number of carbonyl (C=O) groups excluding carboxylic acids is 1. The van der Waals surface area contributed by atoms with Crippen LogP contribution in [0.15, 0.2) is 73.2 Å². The quantitative estimate of drug-likeness (QED) is 0.540. The number of nitrogens with zero attached hydrogens (tertiary/aromatic N) is 3. The van der Waals surface area contributed by atoms with Crippen molar-refractivity contribution in [3.63, 3.8) is 0 Å². The number of aromatic nitrogens is 3. The minimum Gasteiger partial charge on any atom is -0.325 e. The van der Waals surface area contributed by atoms with Gasteiger partial charge in [-0.25, -0.2) is 0 Å². The van der Waals surface area contributed by atoms with E-state index in [1.165, 1.54) is 16.7 Å². The van der Waals surface area contributed by atoms with Crippen LogP contribution < -0.4 is 5.32 Å². The summed E-state index contributed by atoms with van der Waals surface area (Å²) in [5.41, 5.74) is 5.46. The molecule has 0 saturated heterocycles. The fourth-order valence-electron chi connectivity index (χ4n) is 3.30. The van der Waals surface area contributed by atoms with Crippen LogP contribution in [0.25, 0.3) is 22.0 Å². The van der Waals surface area contributed by atoms with Crippen molar-refractivity contribution in [2.75, 3.05) is 5.32 Å². The molecule has 4 rings (SSSR count). The molecule has 5 heteroatoms. The Bertz CT molecular complexity index is 1080. The summed E-state index contributed by atoms with van der Waals surface area (Å²) >= 11 is 0. The summed E-state index contributed by atoms with van der Waals surface area (Å²) in [5.74, 6) is 0.0223. The Balaban J connectivity index is 1.34. The van der Waals surface area contributed by atoms with Gasteiger partial charge in [0.2, 0.25) is 5.91 Å². The zero-order chi connectivity index (χ0) is 19.3. The van der Waals surface area contributed by atoms with E-state index in [0.29, 0.717) is 6.42 Å². The van der Waals surface area contributed by atoms with Crippen LogP contribution in [0.1, 0.15) is 18.4 Å². The van der Waals surface area contributed by atoms with Gasteiger partial charge in [0.25, 0.3) is 0 Å². The van der Waals surface area contributed by atoms with Crippen molar-refractivity contribution in [3.05, 3.63) is 78.8 Å². The number of aryl methyl sites for hydroxylation is 2. The predicted octanol–water partition coefficient (Wildman–Crippen LogP) is 4.60. The lowest BCUT2D eigenvalue weighted by Crippen LogP contribution is -2.11. The third-order valence-corrected chi connectivity index (χ3v) is 4.85. The summed E-state index contributed by atoms with van der Waals surface area (Å²) in [6.07, 6.45) is 7.40. The number of hydrogen-bond acceptors (Lipinski definition) is 3. The van der Waals surface area contributed by atoms with Crippen molar-refractivity contribution in [2.24, 2.45) is 7.05 Å². The highest BCUT2D eigenvalue weighted by molar-refractivity contribution is 5.90. The van der Waals surface area contributed by atoms with E-state index in [1.807, 2.05) is 30.1 Å². The number of anilines is 1. The summed E-state index contributed by atoms with van der Waals surface area (Å²) < 4.78 is 1.89. The first-order chi connectivity index (χ1) is 13.7. The highest BCUT2D eigenvalue weighted by atomic mass is 16.1. The number of amides is 1. The average Bonchev–Trinajstić information content (AvgIpc) is 3.09. The number of pyridine rings is 1. The van der Waals surface area contributed by atoms with Crippen molar-refractivity contribution in [1.29, 1.82) is 0 Å². The maximum atomic E-state index is 12.0. The molecular weight excluding hydrogens is 348 g/mol. The highest BCUT2D eigenvalue weighted by Gasteiger charge is 2.05. The van der Waals surface area contributed by atoms with Gasteiger partial charge >= 0.3 is 0 Å². The van der Waals surface area contributed by atoms with Gasteiger partial charge in [0.05, 0.1) is 23.6 Å². The van der Waals surface area contributed by atoms with Gasteiger partial charge in [-0.2, -0.15) is 5.10 Å². The molecule has 2 heterocycles. The first kappa shape index (κ1) is 17.9. The Morgan fingerprint density at radius 3 is 2.64 bits per heavy atom. The minimum atomic E-state index is 0.0223. The maximum Gasteiger partial charge on any atom is 0.224 e. The van der Waals surface area contributed by atoms with Crippen LogP contribution in [0, 0.1) is 0 Å². The maximum absolute atomic E-state index is 12.0. The molecule has 1 amide bonds. The fraction of sp³-hybridized carbons (Fsp3) is 0.174. The Morgan fingerprint density at radius 2 is 1.86 bits per heavy atom. The smallest absolute Gasteiger partial charge is 0.224 e. The molecule has 140 valence electrons. The molecule has 0 aliphatic rings. The normalized spacial score (nSPS) is 10.9. The van der Waals surface area contributed by atoms with Crippen LogP contribution in [0.2, 0.25) is 0 Å². The van der Waals surface area contributed by atoms with Crippen molar-refractivity contribution in [2.45, 2.75) is 19.3 Å². The van der Waals surface area contributed by atoms with E-state index in [2.05, 4.69) is 57.9 Å². The summed E-state index contributed by atoms with van der Waals surface area (Å²) in [7, 11) is 1.96. The molecule has 5 nitrogen and oxygen atoms in total. The molecule has 0 aliphatic carbocycles. The summed E-state index contributed by atoms with van der Waals surface area (Å²) in [6.45, 7) is 0. The van der Waals surface area contributed by atoms with E-state index in [9.17, 15) is 4.79 Å². The van der Waals surface area contributed by atoms with Gasteiger partial charge < -0.3 is 5.32 Å². The second kappa shape index (κ2) is 8.05. The second-order valence-corrected chi connectivity index (χ2v) is 6.88. The zero-order valence-electron chi connectivity index (χ0n) is 15.8. The lowest BCUT2D eigenvalue weighted by Gasteiger charge is -2.07. The first-order valence-corrected chi connectivity index (χ1v) is 9.40. The average molecular weight is 370 g/mol. The molecule has 0 radical (unpaired) electrons. The SMILES string of the molecule is Cn1ncc2ccc(-c3ccc(CCCC(=O)Nc4cccnc4)cc3)cc21. The molecule has 0 aliphatic heterocycles. The van der Waals surface area contributed by atoms with Crippen molar-refractivity contribution >= 4 is 22.5 Å². The molecule has 0 spiro atoms. The van der Waals surface area contributed by atoms with Crippen LogP contribution in [-0.2, 0) is 18.3 Å². The Morgan fingerprint density at radius 1 is 1.04 bits per heavy atom. The molecule has 2 aromatic heterocycles. The molecule has 0 fully saturated rings. The molecule has 0 saturated carbocycles. The van der Waals surface area contributed by atoms with E-state index < -0.39 is 0 Å². The van der Waals surface area contributed by atoms with Crippen LogP contribution in [0.5, 0.6) is 0 Å². The molecule has 28 heavy (non-hydrogen) atoms. The molecule has 1 N–H and O–H groups in total. The fourth-order valence-corrected chi connectivity index (χ4v) is 3.30. The van der Waals surface area contributed by atoms with E-state index in [4.69, 9.17) is 0 Å². The van der Waals surface area contributed by atoms with Crippen molar-refractivity contribution in [1.82, 2.24) is 14.8 Å². The Hall–Kier alpha value is -3.47. The van der Waals surface area contributed by atoms with E-state index in [-0.39, 0.29) is 5.91 Å². The predicted molar refractivity (Wildman–Crippen MR) is 112 cm³/mol. The van der Waals surface area contributed by atoms with Gasteiger partial charge in [-0.05, 0) is 47.7 Å². The zero-order valence-corrected chi connectivity index (χ0v) is 15.8. The number of carbonyl (C=O) groups is 1. The number of rotatable bonds is 6. The Kier molecular flexibility index (Phi) is 5.15. The largest absolute Gasteiger partial charge is 0.325 e.